The molecule has 2 aromatic rings. The van der Waals surface area contributed by atoms with E-state index in [1.165, 1.54) is 26.5 Å². The second-order valence-corrected chi connectivity index (χ2v) is 6.52. The molecule has 1 N–H and O–H groups in total. The quantitative estimate of drug-likeness (QED) is 0.754. The van der Waals surface area contributed by atoms with Gasteiger partial charge in [-0.1, -0.05) is 49.9 Å². The van der Waals surface area contributed by atoms with Crippen LogP contribution < -0.4 is 5.32 Å². The van der Waals surface area contributed by atoms with Gasteiger partial charge in [-0.25, -0.2) is 0 Å². The monoisotopic (exact) mass is 299 g/mol. The van der Waals surface area contributed by atoms with Crippen LogP contribution in [0.4, 0.5) is 0 Å². The summed E-state index contributed by atoms with van der Waals surface area (Å²) in [5.74, 6) is 0. The summed E-state index contributed by atoms with van der Waals surface area (Å²) >= 11 is 1.87. The third kappa shape index (κ3) is 4.12. The molecule has 0 heterocycles. The zero-order valence-corrected chi connectivity index (χ0v) is 14.3. The van der Waals surface area contributed by atoms with Gasteiger partial charge in [-0.3, -0.25) is 0 Å². The Morgan fingerprint density at radius 1 is 1.00 bits per heavy atom. The standard InChI is InChI=1S/C19H25NS/c1-5-18(20-6-2)17-9-7-8-10-19(17)21-16-12-11-14(3)15(4)13-16/h7-13,18,20H,5-6H2,1-4H3. The highest BCUT2D eigenvalue weighted by molar-refractivity contribution is 7.99. The maximum absolute atomic E-state index is 3.58. The molecule has 2 rings (SSSR count). The van der Waals surface area contributed by atoms with Crippen LogP contribution in [0.2, 0.25) is 0 Å². The van der Waals surface area contributed by atoms with Gasteiger partial charge in [-0.15, -0.1) is 0 Å². The molecule has 112 valence electrons. The lowest BCUT2D eigenvalue weighted by molar-refractivity contribution is 0.530. The van der Waals surface area contributed by atoms with Gasteiger partial charge in [0.05, 0.1) is 0 Å². The van der Waals surface area contributed by atoms with Crippen molar-refractivity contribution in [3.05, 3.63) is 59.2 Å². The lowest BCUT2D eigenvalue weighted by Gasteiger charge is -2.19. The van der Waals surface area contributed by atoms with Gasteiger partial charge < -0.3 is 5.32 Å². The van der Waals surface area contributed by atoms with E-state index in [0.29, 0.717) is 6.04 Å². The number of hydrogen-bond acceptors (Lipinski definition) is 2. The molecule has 21 heavy (non-hydrogen) atoms. The molecular formula is C19H25NS. The van der Waals surface area contributed by atoms with Gasteiger partial charge in [0.2, 0.25) is 0 Å². The Bertz CT molecular complexity index is 592. The Labute approximate surface area is 133 Å². The summed E-state index contributed by atoms with van der Waals surface area (Å²) in [6.45, 7) is 9.75. The summed E-state index contributed by atoms with van der Waals surface area (Å²) in [5, 5.41) is 3.58. The normalized spacial score (nSPS) is 12.4. The van der Waals surface area contributed by atoms with Crippen LogP contribution in [0.15, 0.2) is 52.3 Å². The number of benzene rings is 2. The predicted octanol–water partition coefficient (Wildman–Crippen LogP) is 5.52. The van der Waals surface area contributed by atoms with Crippen molar-refractivity contribution in [2.75, 3.05) is 6.54 Å². The first-order chi connectivity index (χ1) is 10.2. The molecule has 0 aliphatic heterocycles. The minimum absolute atomic E-state index is 0.435. The SMILES string of the molecule is CCNC(CC)c1ccccc1Sc1ccc(C)c(C)c1. The Balaban J connectivity index is 2.29. The maximum atomic E-state index is 3.58. The summed E-state index contributed by atoms with van der Waals surface area (Å²) < 4.78 is 0. The van der Waals surface area contributed by atoms with Crippen LogP contribution in [0, 0.1) is 13.8 Å². The predicted molar refractivity (Wildman–Crippen MR) is 93.2 cm³/mol. The second-order valence-electron chi connectivity index (χ2n) is 5.40. The molecule has 1 unspecified atom stereocenters. The number of nitrogens with one attached hydrogen (secondary N) is 1. The van der Waals surface area contributed by atoms with E-state index in [-0.39, 0.29) is 0 Å². The maximum Gasteiger partial charge on any atom is 0.0328 e. The van der Waals surface area contributed by atoms with Crippen molar-refractivity contribution in [1.29, 1.82) is 0 Å². The summed E-state index contributed by atoms with van der Waals surface area (Å²) in [4.78, 5) is 2.67. The van der Waals surface area contributed by atoms with Crippen LogP contribution in [-0.2, 0) is 0 Å². The molecular weight excluding hydrogens is 274 g/mol. The average Bonchev–Trinajstić information content (AvgIpc) is 2.49. The van der Waals surface area contributed by atoms with Gasteiger partial charge in [0, 0.05) is 15.8 Å². The third-order valence-electron chi connectivity index (χ3n) is 3.86. The van der Waals surface area contributed by atoms with Gasteiger partial charge in [-0.05, 0) is 61.7 Å². The molecule has 0 fully saturated rings. The fraction of sp³-hybridized carbons (Fsp3) is 0.368. The smallest absolute Gasteiger partial charge is 0.0328 e. The molecule has 2 heteroatoms. The lowest BCUT2D eigenvalue weighted by Crippen LogP contribution is -2.20. The summed E-state index contributed by atoms with van der Waals surface area (Å²) in [6.07, 6.45) is 1.11. The van der Waals surface area contributed by atoms with Crippen molar-refractivity contribution in [1.82, 2.24) is 5.32 Å². The lowest BCUT2D eigenvalue weighted by atomic mass is 10.0. The Morgan fingerprint density at radius 3 is 2.43 bits per heavy atom. The summed E-state index contributed by atoms with van der Waals surface area (Å²) in [6, 6.07) is 15.9. The summed E-state index contributed by atoms with van der Waals surface area (Å²) in [5.41, 5.74) is 4.12. The molecule has 0 aromatic heterocycles. The minimum Gasteiger partial charge on any atom is -0.310 e. The van der Waals surface area contributed by atoms with Crippen molar-refractivity contribution in [2.24, 2.45) is 0 Å². The molecule has 2 aromatic carbocycles. The molecule has 1 nitrogen and oxygen atoms in total. The zero-order chi connectivity index (χ0) is 15.2. The van der Waals surface area contributed by atoms with Gasteiger partial charge in [0.15, 0.2) is 0 Å². The van der Waals surface area contributed by atoms with Gasteiger partial charge in [0.25, 0.3) is 0 Å². The molecule has 0 saturated carbocycles. The van der Waals surface area contributed by atoms with E-state index >= 15 is 0 Å². The fourth-order valence-corrected chi connectivity index (χ4v) is 3.59. The number of rotatable bonds is 6. The molecule has 0 amide bonds. The van der Waals surface area contributed by atoms with Crippen LogP contribution in [0.5, 0.6) is 0 Å². The second kappa shape index (κ2) is 7.67. The molecule has 0 bridgehead atoms. The topological polar surface area (TPSA) is 12.0 Å². The molecule has 0 aliphatic rings. The van der Waals surface area contributed by atoms with Crippen LogP contribution in [-0.4, -0.2) is 6.54 Å². The van der Waals surface area contributed by atoms with Crippen molar-refractivity contribution >= 4 is 11.8 Å². The fourth-order valence-electron chi connectivity index (χ4n) is 2.49. The highest BCUT2D eigenvalue weighted by Gasteiger charge is 2.13. The van der Waals surface area contributed by atoms with Crippen LogP contribution in [0.1, 0.15) is 43.0 Å². The van der Waals surface area contributed by atoms with Gasteiger partial charge in [-0.2, -0.15) is 0 Å². The van der Waals surface area contributed by atoms with E-state index in [2.05, 4.69) is 75.5 Å². The van der Waals surface area contributed by atoms with Crippen LogP contribution in [0.3, 0.4) is 0 Å². The largest absolute Gasteiger partial charge is 0.310 e. The van der Waals surface area contributed by atoms with E-state index < -0.39 is 0 Å². The Kier molecular flexibility index (Phi) is 5.89. The minimum atomic E-state index is 0.435. The van der Waals surface area contributed by atoms with Gasteiger partial charge in [0.1, 0.15) is 0 Å². The third-order valence-corrected chi connectivity index (χ3v) is 4.94. The van der Waals surface area contributed by atoms with E-state index in [4.69, 9.17) is 0 Å². The van der Waals surface area contributed by atoms with E-state index in [1.54, 1.807) is 0 Å². The molecule has 0 radical (unpaired) electrons. The first-order valence-electron chi connectivity index (χ1n) is 7.73. The number of hydrogen-bond donors (Lipinski definition) is 1. The average molecular weight is 299 g/mol. The molecule has 0 saturated heterocycles. The Morgan fingerprint density at radius 2 is 1.76 bits per heavy atom. The van der Waals surface area contributed by atoms with Crippen LogP contribution >= 0.6 is 11.8 Å². The first-order valence-corrected chi connectivity index (χ1v) is 8.54. The van der Waals surface area contributed by atoms with Crippen molar-refractivity contribution in [2.45, 2.75) is 49.9 Å². The highest BCUT2D eigenvalue weighted by Crippen LogP contribution is 2.34. The van der Waals surface area contributed by atoms with Crippen molar-refractivity contribution in [3.63, 3.8) is 0 Å². The summed E-state index contributed by atoms with van der Waals surface area (Å²) in [7, 11) is 0. The van der Waals surface area contributed by atoms with E-state index in [0.717, 1.165) is 13.0 Å². The van der Waals surface area contributed by atoms with Crippen LogP contribution in [0.25, 0.3) is 0 Å². The van der Waals surface area contributed by atoms with E-state index in [1.807, 2.05) is 11.8 Å². The molecule has 1 atom stereocenters. The number of aryl methyl sites for hydroxylation is 2. The first kappa shape index (κ1) is 16.1. The highest BCUT2D eigenvalue weighted by atomic mass is 32.2. The molecule has 0 aliphatic carbocycles. The van der Waals surface area contributed by atoms with Gasteiger partial charge >= 0.3 is 0 Å². The molecule has 0 spiro atoms. The van der Waals surface area contributed by atoms with Crippen molar-refractivity contribution in [3.8, 4) is 0 Å². The van der Waals surface area contributed by atoms with E-state index in [9.17, 15) is 0 Å². The Hall–Kier alpha value is -1.25. The zero-order valence-electron chi connectivity index (χ0n) is 13.4. The van der Waals surface area contributed by atoms with Crippen molar-refractivity contribution < 1.29 is 0 Å².